The highest BCUT2D eigenvalue weighted by Crippen LogP contribution is 2.09. The van der Waals surface area contributed by atoms with E-state index < -0.39 is 0 Å². The number of nitrogens with two attached hydrogens (primary N) is 1. The third-order valence-electron chi connectivity index (χ3n) is 2.99. The van der Waals surface area contributed by atoms with Gasteiger partial charge in [-0.25, -0.2) is 0 Å². The van der Waals surface area contributed by atoms with Gasteiger partial charge in [0.1, 0.15) is 0 Å². The molecule has 4 N–H and O–H groups in total. The van der Waals surface area contributed by atoms with Gasteiger partial charge < -0.3 is 21.1 Å². The van der Waals surface area contributed by atoms with Crippen molar-refractivity contribution in [3.63, 3.8) is 0 Å². The van der Waals surface area contributed by atoms with Crippen LogP contribution in [0, 0.1) is 0 Å². The van der Waals surface area contributed by atoms with Crippen LogP contribution in [0.4, 0.5) is 5.69 Å². The number of benzene rings is 1. The summed E-state index contributed by atoms with van der Waals surface area (Å²) in [4.78, 5) is 13.8. The minimum atomic E-state index is -0.338. The summed E-state index contributed by atoms with van der Waals surface area (Å²) in [6.45, 7) is 3.69. The molecule has 0 aliphatic carbocycles. The first-order chi connectivity index (χ1) is 9.51. The van der Waals surface area contributed by atoms with Gasteiger partial charge in [0.25, 0.3) is 0 Å². The summed E-state index contributed by atoms with van der Waals surface area (Å²) in [6.07, 6.45) is 0.911. The lowest BCUT2D eigenvalue weighted by Crippen LogP contribution is -2.28. The molecule has 1 rings (SSSR count). The number of hydrogen-bond acceptors (Lipinski definition) is 4. The molecule has 0 fully saturated rings. The maximum absolute atomic E-state index is 11.8. The number of nitrogens with one attached hydrogen (secondary N) is 1. The lowest BCUT2D eigenvalue weighted by Gasteiger charge is -2.17. The molecule has 0 heterocycles. The summed E-state index contributed by atoms with van der Waals surface area (Å²) in [5.74, 6) is 0.0101. The van der Waals surface area contributed by atoms with Gasteiger partial charge in [-0.1, -0.05) is 12.1 Å². The Morgan fingerprint density at radius 2 is 2.05 bits per heavy atom. The molecular weight excluding hydrogens is 254 g/mol. The maximum atomic E-state index is 11.8. The number of amides is 1. The van der Waals surface area contributed by atoms with Crippen LogP contribution in [0.5, 0.6) is 0 Å². The Labute approximate surface area is 120 Å². The van der Waals surface area contributed by atoms with Crippen molar-refractivity contribution in [1.82, 2.24) is 4.90 Å². The van der Waals surface area contributed by atoms with Crippen LogP contribution >= 0.6 is 0 Å². The largest absolute Gasteiger partial charge is 0.392 e. The van der Waals surface area contributed by atoms with E-state index in [1.807, 2.05) is 36.2 Å². The predicted molar refractivity (Wildman–Crippen MR) is 81.4 cm³/mol. The average Bonchev–Trinajstić information content (AvgIpc) is 2.38. The predicted octanol–water partition coefficient (Wildman–Crippen LogP) is 1.18. The zero-order valence-corrected chi connectivity index (χ0v) is 12.3. The van der Waals surface area contributed by atoms with E-state index in [2.05, 4.69) is 5.32 Å². The van der Waals surface area contributed by atoms with Crippen LogP contribution in [0.1, 0.15) is 25.3 Å². The quantitative estimate of drug-likeness (QED) is 0.667. The maximum Gasteiger partial charge on any atom is 0.224 e. The van der Waals surface area contributed by atoms with E-state index >= 15 is 0 Å². The topological polar surface area (TPSA) is 78.6 Å². The first-order valence-electron chi connectivity index (χ1n) is 6.96. The second-order valence-corrected chi connectivity index (χ2v) is 5.16. The number of likely N-dealkylation sites (N-methyl/N-ethyl adjacent to an activating group) is 1. The Morgan fingerprint density at radius 3 is 2.60 bits per heavy atom. The van der Waals surface area contributed by atoms with Crippen molar-refractivity contribution in [2.75, 3.05) is 25.5 Å². The normalized spacial score (nSPS) is 12.4. The molecular formula is C15H25N3O2. The number of rotatable bonds is 8. The van der Waals surface area contributed by atoms with E-state index in [4.69, 9.17) is 5.73 Å². The number of aliphatic hydroxyl groups excluding tert-OH is 1. The summed E-state index contributed by atoms with van der Waals surface area (Å²) in [6, 6.07) is 7.54. The van der Waals surface area contributed by atoms with Crippen molar-refractivity contribution >= 4 is 11.6 Å². The summed E-state index contributed by atoms with van der Waals surface area (Å²) in [5, 5.41) is 12.1. The first-order valence-corrected chi connectivity index (χ1v) is 6.96. The summed E-state index contributed by atoms with van der Waals surface area (Å²) in [7, 11) is 1.94. The summed E-state index contributed by atoms with van der Waals surface area (Å²) in [5.41, 5.74) is 7.36. The van der Waals surface area contributed by atoms with Crippen molar-refractivity contribution in [2.24, 2.45) is 5.73 Å². The smallest absolute Gasteiger partial charge is 0.224 e. The fraction of sp³-hybridized carbons (Fsp3) is 0.533. The molecule has 112 valence electrons. The van der Waals surface area contributed by atoms with Crippen molar-refractivity contribution in [1.29, 1.82) is 0 Å². The molecule has 5 heteroatoms. The molecule has 1 aromatic rings. The molecule has 0 spiro atoms. The second-order valence-electron chi connectivity index (χ2n) is 5.16. The van der Waals surface area contributed by atoms with Crippen LogP contribution in [0.25, 0.3) is 0 Å². The van der Waals surface area contributed by atoms with Gasteiger partial charge in [0.2, 0.25) is 5.91 Å². The van der Waals surface area contributed by atoms with Gasteiger partial charge in [0.05, 0.1) is 6.10 Å². The van der Waals surface area contributed by atoms with Crippen LogP contribution < -0.4 is 11.1 Å². The molecule has 1 atom stereocenters. The summed E-state index contributed by atoms with van der Waals surface area (Å²) < 4.78 is 0. The molecule has 1 unspecified atom stereocenters. The van der Waals surface area contributed by atoms with E-state index in [0.29, 0.717) is 19.5 Å². The Bertz CT molecular complexity index is 404. The molecule has 0 bridgehead atoms. The molecule has 0 aliphatic heterocycles. The Balaban J connectivity index is 2.25. The molecule has 0 aromatic heterocycles. The van der Waals surface area contributed by atoms with Gasteiger partial charge >= 0.3 is 0 Å². The third-order valence-corrected chi connectivity index (χ3v) is 2.99. The lowest BCUT2D eigenvalue weighted by molar-refractivity contribution is -0.116. The molecule has 1 aromatic carbocycles. The van der Waals surface area contributed by atoms with E-state index in [9.17, 15) is 9.90 Å². The number of carbonyl (C=O) groups excluding carboxylic acids is 1. The molecule has 5 nitrogen and oxygen atoms in total. The second kappa shape index (κ2) is 8.68. The minimum Gasteiger partial charge on any atom is -0.392 e. The molecule has 0 aliphatic rings. The lowest BCUT2D eigenvalue weighted by atomic mass is 10.2. The fourth-order valence-electron chi connectivity index (χ4n) is 2.00. The van der Waals surface area contributed by atoms with Crippen LogP contribution in [-0.2, 0) is 11.3 Å². The highest BCUT2D eigenvalue weighted by atomic mass is 16.3. The molecule has 1 amide bonds. The van der Waals surface area contributed by atoms with E-state index in [1.54, 1.807) is 6.92 Å². The number of carbonyl (C=O) groups is 1. The number of hydrogen-bond donors (Lipinski definition) is 3. The Kier molecular flexibility index (Phi) is 7.22. The highest BCUT2D eigenvalue weighted by Gasteiger charge is 2.06. The van der Waals surface area contributed by atoms with Gasteiger partial charge in [-0.05, 0) is 44.6 Å². The first kappa shape index (κ1) is 16.6. The summed E-state index contributed by atoms with van der Waals surface area (Å²) >= 11 is 0. The van der Waals surface area contributed by atoms with Gasteiger partial charge in [-0.2, -0.15) is 0 Å². The standard InChI is InChI=1S/C15H25N3O2/c1-12(19)11-18(2)9-3-4-15(20)17-14-7-5-13(10-16)6-8-14/h5-8,12,19H,3-4,9-11,16H2,1-2H3,(H,17,20). The number of anilines is 1. The van der Waals surface area contributed by atoms with Crippen molar-refractivity contribution in [3.05, 3.63) is 29.8 Å². The Hall–Kier alpha value is -1.43. The van der Waals surface area contributed by atoms with Crippen LogP contribution in [-0.4, -0.2) is 42.2 Å². The van der Waals surface area contributed by atoms with E-state index in [-0.39, 0.29) is 12.0 Å². The average molecular weight is 279 g/mol. The van der Waals surface area contributed by atoms with Gasteiger partial charge in [0, 0.05) is 25.2 Å². The SMILES string of the molecule is CC(O)CN(C)CCCC(=O)Nc1ccc(CN)cc1. The highest BCUT2D eigenvalue weighted by molar-refractivity contribution is 5.90. The van der Waals surface area contributed by atoms with Crippen LogP contribution in [0.2, 0.25) is 0 Å². The van der Waals surface area contributed by atoms with Crippen LogP contribution in [0.3, 0.4) is 0 Å². The molecule has 0 radical (unpaired) electrons. The van der Waals surface area contributed by atoms with Crippen molar-refractivity contribution in [3.8, 4) is 0 Å². The minimum absolute atomic E-state index is 0.0101. The van der Waals surface area contributed by atoms with Gasteiger partial charge in [-0.15, -0.1) is 0 Å². The third kappa shape index (κ3) is 6.65. The molecule has 20 heavy (non-hydrogen) atoms. The zero-order chi connectivity index (χ0) is 15.0. The van der Waals surface area contributed by atoms with Gasteiger partial charge in [-0.3, -0.25) is 4.79 Å². The van der Waals surface area contributed by atoms with Crippen molar-refractivity contribution < 1.29 is 9.90 Å². The van der Waals surface area contributed by atoms with Crippen molar-refractivity contribution in [2.45, 2.75) is 32.4 Å². The Morgan fingerprint density at radius 1 is 1.40 bits per heavy atom. The van der Waals surface area contributed by atoms with E-state index in [1.165, 1.54) is 0 Å². The zero-order valence-electron chi connectivity index (χ0n) is 12.3. The monoisotopic (exact) mass is 279 g/mol. The van der Waals surface area contributed by atoms with Gasteiger partial charge in [0.15, 0.2) is 0 Å². The number of aliphatic hydroxyl groups is 1. The van der Waals surface area contributed by atoms with Crippen LogP contribution in [0.15, 0.2) is 24.3 Å². The van der Waals surface area contributed by atoms with E-state index in [0.717, 1.165) is 24.2 Å². The molecule has 0 saturated carbocycles. The number of nitrogens with zero attached hydrogens (tertiary/aromatic N) is 1. The fourth-order valence-corrected chi connectivity index (χ4v) is 2.00. The molecule has 0 saturated heterocycles.